The van der Waals surface area contributed by atoms with E-state index in [0.29, 0.717) is 92.1 Å². The highest BCUT2D eigenvalue weighted by Gasteiger charge is 2.42. The summed E-state index contributed by atoms with van der Waals surface area (Å²) < 4.78 is 7.92. The molecular weight excluding hydrogens is 959 g/mol. The number of fused-ring (bicyclic) bond motifs is 2. The molecule has 4 aromatic rings. The summed E-state index contributed by atoms with van der Waals surface area (Å²) in [5.74, 6) is 2.96. The number of unbranched alkanes of at least 4 members (excludes halogenated alkanes) is 5. The third-order valence-electron chi connectivity index (χ3n) is 14.4. The van der Waals surface area contributed by atoms with Crippen LogP contribution in [0.2, 0.25) is 0 Å². The predicted molar refractivity (Wildman–Crippen MR) is 288 cm³/mol. The number of likely N-dealkylation sites (tertiary alicyclic amines) is 1. The van der Waals surface area contributed by atoms with Crippen LogP contribution in [0.15, 0.2) is 73.1 Å². The lowest BCUT2D eigenvalue weighted by molar-refractivity contribution is -0.127. The van der Waals surface area contributed by atoms with Gasteiger partial charge in [0, 0.05) is 114 Å². The van der Waals surface area contributed by atoms with Crippen LogP contribution in [-0.2, 0) is 19.2 Å². The number of ether oxygens (including phenoxy) is 1. The Bertz CT molecular complexity index is 2500. The fourth-order valence-corrected chi connectivity index (χ4v) is 11.8. The average molecular weight is 1030 g/mol. The summed E-state index contributed by atoms with van der Waals surface area (Å²) in [6.07, 6.45) is 16.2. The molecule has 4 aliphatic rings. The first-order valence-electron chi connectivity index (χ1n) is 26.9. The zero-order chi connectivity index (χ0) is 51.5. The van der Waals surface area contributed by atoms with Gasteiger partial charge < -0.3 is 42.0 Å². The number of hydrogen-bond donors (Lipinski definition) is 6. The molecule has 19 nitrogen and oxygen atoms in total. The Labute approximate surface area is 438 Å². The van der Waals surface area contributed by atoms with Crippen molar-refractivity contribution in [3.8, 4) is 22.8 Å². The number of piperidine rings is 1. The maximum absolute atomic E-state index is 13.5. The molecule has 0 saturated carbocycles. The van der Waals surface area contributed by atoms with Gasteiger partial charge in [-0.15, -0.1) is 0 Å². The Balaban J connectivity index is 0.623. The number of thioether (sulfide) groups is 1. The van der Waals surface area contributed by atoms with E-state index in [9.17, 15) is 24.0 Å². The molecule has 7 N–H and O–H groups in total. The molecule has 2 aromatic heterocycles. The molecule has 0 bridgehead atoms. The number of aromatic nitrogens is 4. The molecular formula is C54H75N13O6S. The molecule has 0 spiro atoms. The molecule has 3 unspecified atom stereocenters. The molecule has 2 aromatic carbocycles. The number of para-hydroxylation sites is 1. The Kier molecular flexibility index (Phi) is 20.3. The third kappa shape index (κ3) is 15.9. The number of urea groups is 1. The maximum atomic E-state index is 13.5. The molecule has 398 valence electrons. The molecule has 4 fully saturated rings. The smallest absolute Gasteiger partial charge is 0.315 e. The van der Waals surface area contributed by atoms with Crippen molar-refractivity contribution >= 4 is 58.3 Å². The van der Waals surface area contributed by atoms with Crippen LogP contribution in [0.4, 0.5) is 10.6 Å². The number of amides is 6. The summed E-state index contributed by atoms with van der Waals surface area (Å²) in [6, 6.07) is 17.7. The van der Waals surface area contributed by atoms with E-state index in [4.69, 9.17) is 15.6 Å². The lowest BCUT2D eigenvalue weighted by Gasteiger charge is -2.34. The molecule has 4 saturated heterocycles. The van der Waals surface area contributed by atoms with Crippen LogP contribution in [0.5, 0.6) is 11.5 Å². The zero-order valence-electron chi connectivity index (χ0n) is 42.7. The summed E-state index contributed by atoms with van der Waals surface area (Å²) in [4.78, 5) is 77.5. The van der Waals surface area contributed by atoms with Gasteiger partial charge in [0.05, 0.1) is 23.5 Å². The topological polar surface area (TPSA) is 234 Å². The van der Waals surface area contributed by atoms with Gasteiger partial charge >= 0.3 is 6.03 Å². The highest BCUT2D eigenvalue weighted by Crippen LogP contribution is 2.36. The summed E-state index contributed by atoms with van der Waals surface area (Å²) in [5, 5.41) is 21.2. The fourth-order valence-electron chi connectivity index (χ4n) is 10.2. The quantitative estimate of drug-likeness (QED) is 0.0250. The Morgan fingerprint density at radius 2 is 1.42 bits per heavy atom. The van der Waals surface area contributed by atoms with Gasteiger partial charge in [0.25, 0.3) is 0 Å². The predicted octanol–water partition coefficient (Wildman–Crippen LogP) is 5.40. The molecule has 20 heteroatoms. The summed E-state index contributed by atoms with van der Waals surface area (Å²) >= 11 is 1.90. The number of hydrogen-bond acceptors (Lipinski definition) is 13. The van der Waals surface area contributed by atoms with E-state index in [-0.39, 0.29) is 47.8 Å². The second kappa shape index (κ2) is 27.9. The van der Waals surface area contributed by atoms with E-state index >= 15 is 0 Å². The Morgan fingerprint density at radius 1 is 0.757 bits per heavy atom. The third-order valence-corrected chi connectivity index (χ3v) is 15.9. The zero-order valence-corrected chi connectivity index (χ0v) is 43.5. The number of nitrogens with one attached hydrogen (secondary N) is 5. The standard InChI is InChI=1S/C54H75N13O6S/c55-52-49-50(39-22-24-42(25-23-39)73-41-15-4-1-5-16-41)63-67(53(49)60-38-59-52)40-14-12-30-66(36-40)48(71)21-13-29-64-32-34-65(35-33-64)31-28-58-47(70)19-7-3-11-26-56-45(68)18-6-2-10-27-57-46(69)20-9-8-17-44-51-43(37-74-44)61-54(72)62-51/h1,4-5,13,15-16,21-25,38,40,43-44,51H,2-3,6-12,14,17-20,26-37H2,(H,56,68)(H,57,69)(H,58,70)(H2,55,59,60)(H2,61,62,72)/b21-13+/t40-,43?,44?,51?/m1/s1. The van der Waals surface area contributed by atoms with E-state index in [2.05, 4.69) is 46.4 Å². The van der Waals surface area contributed by atoms with Gasteiger partial charge in [-0.3, -0.25) is 29.0 Å². The number of nitrogen functional groups attached to an aromatic ring is 1. The van der Waals surface area contributed by atoms with Gasteiger partial charge in [-0.2, -0.15) is 16.9 Å². The second-order valence-corrected chi connectivity index (χ2v) is 21.1. The Morgan fingerprint density at radius 3 is 2.14 bits per heavy atom. The van der Waals surface area contributed by atoms with Crippen molar-refractivity contribution in [3.05, 3.63) is 73.1 Å². The number of carbonyl (C=O) groups excluding carboxylic acids is 5. The van der Waals surface area contributed by atoms with Crippen molar-refractivity contribution < 1.29 is 28.7 Å². The van der Waals surface area contributed by atoms with E-state index in [1.165, 1.54) is 6.33 Å². The summed E-state index contributed by atoms with van der Waals surface area (Å²) in [5.41, 5.74) is 8.64. The van der Waals surface area contributed by atoms with Crippen molar-refractivity contribution in [2.24, 2.45) is 0 Å². The number of piperazine rings is 1. The SMILES string of the molecule is Nc1ncnc2c1c(-c1ccc(Oc3ccccc3)cc1)nn2[C@@H]1CCCN(C(=O)/C=C/CN2CCN(CCNC(=O)CCCCCNC(=O)CCCCCNC(=O)CCCCC3SCC4NC(=O)NC43)CC2)C1. The summed E-state index contributed by atoms with van der Waals surface area (Å²) in [6.45, 7) is 8.14. The number of nitrogens with two attached hydrogens (primary N) is 1. The van der Waals surface area contributed by atoms with Crippen molar-refractivity contribution in [2.75, 3.05) is 83.5 Å². The van der Waals surface area contributed by atoms with Crippen LogP contribution < -0.4 is 37.1 Å². The van der Waals surface area contributed by atoms with Crippen LogP contribution in [-0.4, -0.2) is 159 Å². The first-order valence-corrected chi connectivity index (χ1v) is 27.9. The van der Waals surface area contributed by atoms with Crippen molar-refractivity contribution in [1.29, 1.82) is 0 Å². The minimum absolute atomic E-state index is 0.00861. The normalized spacial score (nSPS) is 20.1. The lowest BCUT2D eigenvalue weighted by Crippen LogP contribution is -2.48. The molecule has 4 atom stereocenters. The van der Waals surface area contributed by atoms with E-state index < -0.39 is 0 Å². The fraction of sp³-hybridized carbons (Fsp3) is 0.556. The minimum Gasteiger partial charge on any atom is -0.457 e. The van der Waals surface area contributed by atoms with Gasteiger partial charge in [0.15, 0.2) is 5.65 Å². The molecule has 74 heavy (non-hydrogen) atoms. The number of anilines is 1. The van der Waals surface area contributed by atoms with E-state index in [1.807, 2.05) is 82.0 Å². The second-order valence-electron chi connectivity index (χ2n) is 19.9. The van der Waals surface area contributed by atoms with Crippen LogP contribution in [0.1, 0.15) is 95.9 Å². The lowest BCUT2D eigenvalue weighted by atomic mass is 10.0. The van der Waals surface area contributed by atoms with Crippen molar-refractivity contribution in [3.63, 3.8) is 0 Å². The van der Waals surface area contributed by atoms with E-state index in [0.717, 1.165) is 120 Å². The van der Waals surface area contributed by atoms with Crippen LogP contribution in [0.25, 0.3) is 22.3 Å². The average Bonchev–Trinajstić information content (AvgIpc) is 4.12. The first-order chi connectivity index (χ1) is 36.2. The minimum atomic E-state index is -0.0697. The van der Waals surface area contributed by atoms with Crippen LogP contribution >= 0.6 is 11.8 Å². The van der Waals surface area contributed by atoms with Crippen LogP contribution in [0.3, 0.4) is 0 Å². The van der Waals surface area contributed by atoms with E-state index in [1.54, 1.807) is 6.08 Å². The number of benzene rings is 2. The molecule has 6 amide bonds. The maximum Gasteiger partial charge on any atom is 0.315 e. The molecule has 0 radical (unpaired) electrons. The molecule has 4 aliphatic heterocycles. The number of rotatable bonds is 27. The molecule has 8 rings (SSSR count). The molecule has 6 heterocycles. The monoisotopic (exact) mass is 1030 g/mol. The largest absolute Gasteiger partial charge is 0.457 e. The number of nitrogens with zero attached hydrogens (tertiary/aromatic N) is 7. The van der Waals surface area contributed by atoms with Gasteiger partial charge in [-0.05, 0) is 87.8 Å². The Hall–Kier alpha value is -6.25. The highest BCUT2D eigenvalue weighted by molar-refractivity contribution is 8.00. The van der Waals surface area contributed by atoms with Crippen molar-refractivity contribution in [2.45, 2.75) is 113 Å². The van der Waals surface area contributed by atoms with Gasteiger partial charge in [0.2, 0.25) is 23.6 Å². The van der Waals surface area contributed by atoms with Crippen molar-refractivity contribution in [1.82, 2.24) is 61.0 Å². The van der Waals surface area contributed by atoms with Gasteiger partial charge in [0.1, 0.15) is 29.3 Å². The molecule has 0 aliphatic carbocycles. The van der Waals surface area contributed by atoms with Crippen LogP contribution in [0, 0.1) is 0 Å². The van der Waals surface area contributed by atoms with Gasteiger partial charge in [-0.25, -0.2) is 19.4 Å². The summed E-state index contributed by atoms with van der Waals surface area (Å²) in [7, 11) is 0. The van der Waals surface area contributed by atoms with Gasteiger partial charge in [-0.1, -0.05) is 43.5 Å². The number of carbonyl (C=O) groups is 5. The highest BCUT2D eigenvalue weighted by atomic mass is 32.2. The first kappa shape index (κ1) is 54.0.